The first-order chi connectivity index (χ1) is 7.72. The zero-order valence-electron chi connectivity index (χ0n) is 9.77. The van der Waals surface area contributed by atoms with E-state index < -0.39 is 0 Å². The molecule has 16 heavy (non-hydrogen) atoms. The Kier molecular flexibility index (Phi) is 3.29. The Balaban J connectivity index is 2.02. The summed E-state index contributed by atoms with van der Waals surface area (Å²) < 4.78 is 5.28. The molecule has 2 atom stereocenters. The van der Waals surface area contributed by atoms with Gasteiger partial charge in [-0.1, -0.05) is 0 Å². The Morgan fingerprint density at radius 1 is 1.62 bits per heavy atom. The fourth-order valence-corrected chi connectivity index (χ4v) is 2.30. The summed E-state index contributed by atoms with van der Waals surface area (Å²) in [6, 6.07) is 4.04. The molecule has 0 spiro atoms. The molecule has 2 heterocycles. The molecule has 0 radical (unpaired) electrons. The van der Waals surface area contributed by atoms with Crippen LogP contribution >= 0.6 is 0 Å². The number of carbonyl (C=O) groups is 1. The second-order valence-corrected chi connectivity index (χ2v) is 4.36. The molecule has 2 unspecified atom stereocenters. The summed E-state index contributed by atoms with van der Waals surface area (Å²) in [4.78, 5) is 13.8. The van der Waals surface area contributed by atoms with Gasteiger partial charge in [-0.05, 0) is 26.1 Å². The van der Waals surface area contributed by atoms with E-state index in [4.69, 9.17) is 4.42 Å². The van der Waals surface area contributed by atoms with E-state index in [-0.39, 0.29) is 11.9 Å². The van der Waals surface area contributed by atoms with Crippen molar-refractivity contribution in [3.8, 4) is 0 Å². The molecule has 0 bridgehead atoms. The normalized spacial score (nSPS) is 25.4. The number of furan rings is 1. The lowest BCUT2D eigenvalue weighted by molar-refractivity contribution is -0.129. The number of carbonyl (C=O) groups excluding carboxylic acids is 1. The first kappa shape index (κ1) is 11.2. The van der Waals surface area contributed by atoms with Gasteiger partial charge >= 0.3 is 0 Å². The molecule has 1 aliphatic heterocycles. The van der Waals surface area contributed by atoms with E-state index >= 15 is 0 Å². The molecule has 0 aliphatic carbocycles. The van der Waals surface area contributed by atoms with Gasteiger partial charge in [-0.2, -0.15) is 0 Å². The highest BCUT2D eigenvalue weighted by Crippen LogP contribution is 2.26. The van der Waals surface area contributed by atoms with Crippen LogP contribution in [0.2, 0.25) is 0 Å². The fraction of sp³-hybridized carbons (Fsp3) is 0.583. The van der Waals surface area contributed by atoms with Crippen LogP contribution in [0, 0.1) is 5.92 Å². The Morgan fingerprint density at radius 2 is 2.44 bits per heavy atom. The third-order valence-electron chi connectivity index (χ3n) is 3.30. The van der Waals surface area contributed by atoms with Gasteiger partial charge in [0.05, 0.1) is 12.8 Å². The van der Waals surface area contributed by atoms with E-state index in [0.717, 1.165) is 12.3 Å². The molecule has 1 amide bonds. The number of nitrogens with one attached hydrogen (secondary N) is 1. The van der Waals surface area contributed by atoms with Crippen molar-refractivity contribution in [1.29, 1.82) is 0 Å². The highest BCUT2D eigenvalue weighted by Gasteiger charge is 2.36. The third kappa shape index (κ3) is 2.11. The first-order valence-corrected chi connectivity index (χ1v) is 5.69. The van der Waals surface area contributed by atoms with Crippen molar-refractivity contribution in [2.45, 2.75) is 25.9 Å². The van der Waals surface area contributed by atoms with Crippen LogP contribution in [0.3, 0.4) is 0 Å². The standard InChI is InChI=1S/C12H18N2O2/c1-9-10(7-13-2)6-12(15)14(9)8-11-4-3-5-16-11/h3-5,9-10,13H,6-8H2,1-2H3. The van der Waals surface area contributed by atoms with Crippen molar-refractivity contribution in [3.63, 3.8) is 0 Å². The molecule has 88 valence electrons. The molecule has 1 aliphatic rings. The summed E-state index contributed by atoms with van der Waals surface area (Å²) in [6.45, 7) is 3.59. The summed E-state index contributed by atoms with van der Waals surface area (Å²) in [5, 5.41) is 3.14. The van der Waals surface area contributed by atoms with Crippen molar-refractivity contribution in [1.82, 2.24) is 10.2 Å². The van der Waals surface area contributed by atoms with Crippen LogP contribution in [-0.4, -0.2) is 30.4 Å². The van der Waals surface area contributed by atoms with Crippen molar-refractivity contribution >= 4 is 5.91 Å². The minimum absolute atomic E-state index is 0.226. The summed E-state index contributed by atoms with van der Waals surface area (Å²) in [5.41, 5.74) is 0. The van der Waals surface area contributed by atoms with Gasteiger partial charge in [0.15, 0.2) is 0 Å². The van der Waals surface area contributed by atoms with Gasteiger partial charge in [-0.3, -0.25) is 4.79 Å². The van der Waals surface area contributed by atoms with Gasteiger partial charge in [0.1, 0.15) is 5.76 Å². The zero-order valence-corrected chi connectivity index (χ0v) is 9.77. The molecule has 1 aromatic rings. The van der Waals surface area contributed by atoms with E-state index in [1.165, 1.54) is 0 Å². The molecule has 4 heteroatoms. The van der Waals surface area contributed by atoms with Crippen molar-refractivity contribution in [2.75, 3.05) is 13.6 Å². The van der Waals surface area contributed by atoms with Crippen LogP contribution in [0.1, 0.15) is 19.1 Å². The molecule has 1 aromatic heterocycles. The molecule has 1 N–H and O–H groups in total. The van der Waals surface area contributed by atoms with E-state index in [1.54, 1.807) is 6.26 Å². The summed E-state index contributed by atoms with van der Waals surface area (Å²) in [6.07, 6.45) is 2.29. The van der Waals surface area contributed by atoms with Crippen molar-refractivity contribution in [3.05, 3.63) is 24.2 Å². The van der Waals surface area contributed by atoms with Crippen molar-refractivity contribution < 1.29 is 9.21 Å². The Morgan fingerprint density at radius 3 is 3.06 bits per heavy atom. The zero-order chi connectivity index (χ0) is 11.5. The Bertz CT molecular complexity index is 348. The minimum atomic E-state index is 0.226. The van der Waals surface area contributed by atoms with Crippen LogP contribution in [0.15, 0.2) is 22.8 Å². The largest absolute Gasteiger partial charge is 0.467 e. The Hall–Kier alpha value is -1.29. The number of hydrogen-bond acceptors (Lipinski definition) is 3. The van der Waals surface area contributed by atoms with E-state index in [9.17, 15) is 4.79 Å². The summed E-state index contributed by atoms with van der Waals surface area (Å²) in [7, 11) is 1.92. The van der Waals surface area contributed by atoms with E-state index in [1.807, 2.05) is 24.1 Å². The van der Waals surface area contributed by atoms with Crippen LogP contribution < -0.4 is 5.32 Å². The number of likely N-dealkylation sites (tertiary alicyclic amines) is 1. The summed E-state index contributed by atoms with van der Waals surface area (Å²) >= 11 is 0. The van der Waals surface area contributed by atoms with E-state index in [2.05, 4.69) is 12.2 Å². The number of rotatable bonds is 4. The van der Waals surface area contributed by atoms with Gasteiger partial charge in [-0.25, -0.2) is 0 Å². The lowest BCUT2D eigenvalue weighted by atomic mass is 10.0. The Labute approximate surface area is 95.6 Å². The minimum Gasteiger partial charge on any atom is -0.467 e. The van der Waals surface area contributed by atoms with E-state index in [0.29, 0.717) is 18.9 Å². The predicted octanol–water partition coefficient (Wildman–Crippen LogP) is 1.24. The third-order valence-corrected chi connectivity index (χ3v) is 3.30. The maximum atomic E-state index is 11.9. The van der Waals surface area contributed by atoms with Gasteiger partial charge in [0, 0.05) is 24.9 Å². The average molecular weight is 222 g/mol. The number of nitrogens with zero attached hydrogens (tertiary/aromatic N) is 1. The van der Waals surface area contributed by atoms with Crippen LogP contribution in [0.25, 0.3) is 0 Å². The molecule has 1 saturated heterocycles. The average Bonchev–Trinajstić information content (AvgIpc) is 2.84. The van der Waals surface area contributed by atoms with Gasteiger partial charge in [0.25, 0.3) is 0 Å². The SMILES string of the molecule is CNCC1CC(=O)N(Cc2ccco2)C1C. The van der Waals surface area contributed by atoms with Crippen LogP contribution in [0.4, 0.5) is 0 Å². The topological polar surface area (TPSA) is 45.5 Å². The second-order valence-electron chi connectivity index (χ2n) is 4.36. The lowest BCUT2D eigenvalue weighted by Gasteiger charge is -2.23. The predicted molar refractivity (Wildman–Crippen MR) is 60.8 cm³/mol. The molecular formula is C12H18N2O2. The number of amides is 1. The molecule has 2 rings (SSSR count). The monoisotopic (exact) mass is 222 g/mol. The first-order valence-electron chi connectivity index (χ1n) is 5.69. The number of hydrogen-bond donors (Lipinski definition) is 1. The molecule has 4 nitrogen and oxygen atoms in total. The highest BCUT2D eigenvalue weighted by molar-refractivity contribution is 5.79. The van der Waals surface area contributed by atoms with Gasteiger partial charge in [-0.15, -0.1) is 0 Å². The maximum Gasteiger partial charge on any atom is 0.223 e. The molecule has 0 aromatic carbocycles. The quantitative estimate of drug-likeness (QED) is 0.833. The molecule has 1 fully saturated rings. The molecule has 0 saturated carbocycles. The smallest absolute Gasteiger partial charge is 0.223 e. The highest BCUT2D eigenvalue weighted by atomic mass is 16.3. The van der Waals surface area contributed by atoms with Gasteiger partial charge < -0.3 is 14.6 Å². The van der Waals surface area contributed by atoms with Crippen molar-refractivity contribution in [2.24, 2.45) is 5.92 Å². The van der Waals surface area contributed by atoms with Crippen LogP contribution in [0.5, 0.6) is 0 Å². The molecular weight excluding hydrogens is 204 g/mol. The van der Waals surface area contributed by atoms with Crippen LogP contribution in [-0.2, 0) is 11.3 Å². The summed E-state index contributed by atoms with van der Waals surface area (Å²) in [5.74, 6) is 1.49. The fourth-order valence-electron chi connectivity index (χ4n) is 2.30. The lowest BCUT2D eigenvalue weighted by Crippen LogP contribution is -2.34. The maximum absolute atomic E-state index is 11.9. The second kappa shape index (κ2) is 4.70. The van der Waals surface area contributed by atoms with Gasteiger partial charge in [0.2, 0.25) is 5.91 Å².